The summed E-state index contributed by atoms with van der Waals surface area (Å²) in [5.41, 5.74) is 12.5. The first-order valence-electron chi connectivity index (χ1n) is 14.5. The maximum atomic E-state index is 4.25. The van der Waals surface area contributed by atoms with Crippen LogP contribution < -0.4 is 0 Å². The zero-order chi connectivity index (χ0) is 29.9. The van der Waals surface area contributed by atoms with Crippen molar-refractivity contribution < 1.29 is 0 Å². The molecule has 5 rings (SSSR count). The van der Waals surface area contributed by atoms with E-state index in [0.29, 0.717) is 0 Å². The minimum absolute atomic E-state index is 1.06. The smallest absolute Gasteiger partial charge is 0.00204 e. The molecule has 0 spiro atoms. The van der Waals surface area contributed by atoms with Crippen molar-refractivity contribution in [1.29, 1.82) is 0 Å². The van der Waals surface area contributed by atoms with Gasteiger partial charge in [-0.2, -0.15) is 0 Å². The van der Waals surface area contributed by atoms with Crippen molar-refractivity contribution in [3.8, 4) is 33.4 Å². The Morgan fingerprint density at radius 1 is 0.463 bits per heavy atom. The molecule has 0 atom stereocenters. The monoisotopic (exact) mass is 534 g/mol. The van der Waals surface area contributed by atoms with Crippen molar-refractivity contribution in [1.82, 2.24) is 0 Å². The molecule has 0 aliphatic heterocycles. The molecule has 206 valence electrons. The van der Waals surface area contributed by atoms with E-state index < -0.39 is 0 Å². The van der Waals surface area contributed by atoms with Crippen LogP contribution in [0.25, 0.3) is 68.5 Å². The van der Waals surface area contributed by atoms with Gasteiger partial charge in [-0.25, -0.2) is 0 Å². The molecule has 5 aromatic rings. The van der Waals surface area contributed by atoms with Gasteiger partial charge < -0.3 is 0 Å². The summed E-state index contributed by atoms with van der Waals surface area (Å²) in [4.78, 5) is 0. The Bertz CT molecular complexity index is 1660. The van der Waals surface area contributed by atoms with Crippen LogP contribution in [0.3, 0.4) is 0 Å². The highest BCUT2D eigenvalue weighted by atomic mass is 14.2. The molecular formula is C41H42. The predicted molar refractivity (Wildman–Crippen MR) is 188 cm³/mol. The van der Waals surface area contributed by atoms with Gasteiger partial charge in [-0.05, 0) is 73.3 Å². The number of fused-ring (bicyclic) bond motifs is 1. The molecule has 0 amide bonds. The molecule has 5 aromatic carbocycles. The normalized spacial score (nSPS) is 9.98. The first-order valence-corrected chi connectivity index (χ1v) is 14.5. The van der Waals surface area contributed by atoms with Gasteiger partial charge >= 0.3 is 0 Å². The van der Waals surface area contributed by atoms with Crippen LogP contribution in [0.4, 0.5) is 0 Å². The highest BCUT2D eigenvalue weighted by Crippen LogP contribution is 2.45. The summed E-state index contributed by atoms with van der Waals surface area (Å²) < 4.78 is 0. The summed E-state index contributed by atoms with van der Waals surface area (Å²) in [6.07, 6.45) is 7.73. The number of benzene rings is 5. The predicted octanol–water partition coefficient (Wildman–Crippen LogP) is 12.8. The van der Waals surface area contributed by atoms with E-state index in [1.54, 1.807) is 0 Å². The molecule has 0 fully saturated rings. The van der Waals surface area contributed by atoms with Crippen LogP contribution in [0.5, 0.6) is 0 Å². The molecular weight excluding hydrogens is 492 g/mol. The minimum Gasteiger partial charge on any atom is -0.0984 e. The Hall–Kier alpha value is -4.68. The van der Waals surface area contributed by atoms with Crippen LogP contribution in [0.2, 0.25) is 0 Å². The van der Waals surface area contributed by atoms with Gasteiger partial charge in [-0.3, -0.25) is 0 Å². The lowest BCUT2D eigenvalue weighted by atomic mass is 9.81. The highest BCUT2D eigenvalue weighted by Gasteiger charge is 2.20. The Morgan fingerprint density at radius 3 is 1.61 bits per heavy atom. The third kappa shape index (κ3) is 6.08. The largest absolute Gasteiger partial charge is 0.0984 e. The summed E-state index contributed by atoms with van der Waals surface area (Å²) in [7, 11) is 0. The Morgan fingerprint density at radius 2 is 1.02 bits per heavy atom. The summed E-state index contributed by atoms with van der Waals surface area (Å²) in [6, 6.07) is 32.3. The lowest BCUT2D eigenvalue weighted by molar-refractivity contribution is 1.49. The van der Waals surface area contributed by atoms with E-state index in [-0.39, 0.29) is 0 Å². The molecule has 0 saturated carbocycles. The van der Waals surface area contributed by atoms with Gasteiger partial charge in [0.05, 0.1) is 0 Å². The Labute approximate surface area is 247 Å². The van der Waals surface area contributed by atoms with E-state index >= 15 is 0 Å². The maximum Gasteiger partial charge on any atom is -0.00204 e. The SMILES string of the molecule is C=Cc1cccc(-c2c(C=C)c(C=C)c(-c3ccc(-c4ccccc4)cc3)c3cc(C)ccc23)c1C=C.CC.CC. The van der Waals surface area contributed by atoms with Crippen LogP contribution in [0.15, 0.2) is 117 Å². The fourth-order valence-corrected chi connectivity index (χ4v) is 5.33. The second-order valence-corrected chi connectivity index (χ2v) is 9.19. The number of hydrogen-bond donors (Lipinski definition) is 0. The molecule has 0 N–H and O–H groups in total. The van der Waals surface area contributed by atoms with E-state index in [9.17, 15) is 0 Å². The van der Waals surface area contributed by atoms with Crippen molar-refractivity contribution in [2.75, 3.05) is 0 Å². The molecule has 41 heavy (non-hydrogen) atoms. The molecule has 0 aromatic heterocycles. The van der Waals surface area contributed by atoms with Crippen molar-refractivity contribution in [3.63, 3.8) is 0 Å². The lowest BCUT2D eigenvalue weighted by Crippen LogP contribution is -1.98. The third-order valence-electron chi connectivity index (χ3n) is 7.06. The van der Waals surface area contributed by atoms with Gasteiger partial charge in [0.1, 0.15) is 0 Å². The van der Waals surface area contributed by atoms with Crippen LogP contribution in [0, 0.1) is 6.92 Å². The number of rotatable bonds is 7. The quantitative estimate of drug-likeness (QED) is 0.195. The molecule has 0 heterocycles. The van der Waals surface area contributed by atoms with Gasteiger partial charge in [-0.1, -0.05) is 175 Å². The van der Waals surface area contributed by atoms with E-state index in [1.165, 1.54) is 33.0 Å². The lowest BCUT2D eigenvalue weighted by Gasteiger charge is -2.22. The zero-order valence-corrected chi connectivity index (χ0v) is 25.3. The van der Waals surface area contributed by atoms with E-state index in [0.717, 1.165) is 38.9 Å². The zero-order valence-electron chi connectivity index (χ0n) is 25.3. The second-order valence-electron chi connectivity index (χ2n) is 9.19. The van der Waals surface area contributed by atoms with Crippen LogP contribution in [-0.2, 0) is 0 Å². The summed E-state index contributed by atoms with van der Waals surface area (Å²) in [5, 5.41) is 2.37. The molecule has 0 unspecified atom stereocenters. The van der Waals surface area contributed by atoms with Crippen molar-refractivity contribution in [3.05, 3.63) is 145 Å². The molecule has 0 aliphatic rings. The van der Waals surface area contributed by atoms with E-state index in [2.05, 4.69) is 118 Å². The molecule has 0 aliphatic carbocycles. The van der Waals surface area contributed by atoms with E-state index in [4.69, 9.17) is 0 Å². The Balaban J connectivity index is 0.00000111. The van der Waals surface area contributed by atoms with Gasteiger partial charge in [0, 0.05) is 0 Å². The molecule has 0 bridgehead atoms. The van der Waals surface area contributed by atoms with Crippen LogP contribution >= 0.6 is 0 Å². The fraction of sp³-hybridized carbons (Fsp3) is 0.122. The number of hydrogen-bond acceptors (Lipinski definition) is 0. The first kappa shape index (κ1) is 30.9. The van der Waals surface area contributed by atoms with Gasteiger partial charge in [0.2, 0.25) is 0 Å². The van der Waals surface area contributed by atoms with Crippen LogP contribution in [-0.4, -0.2) is 0 Å². The maximum absolute atomic E-state index is 4.25. The second kappa shape index (κ2) is 14.6. The molecule has 0 saturated heterocycles. The summed E-state index contributed by atoms with van der Waals surface area (Å²) in [5.74, 6) is 0. The van der Waals surface area contributed by atoms with E-state index in [1.807, 2.05) is 58.1 Å². The van der Waals surface area contributed by atoms with Gasteiger partial charge in [0.25, 0.3) is 0 Å². The average Bonchev–Trinajstić information content (AvgIpc) is 3.05. The van der Waals surface area contributed by atoms with Crippen molar-refractivity contribution in [2.24, 2.45) is 0 Å². The summed E-state index contributed by atoms with van der Waals surface area (Å²) >= 11 is 0. The summed E-state index contributed by atoms with van der Waals surface area (Å²) in [6.45, 7) is 26.8. The minimum atomic E-state index is 1.06. The molecule has 0 nitrogen and oxygen atoms in total. The Kier molecular flexibility index (Phi) is 11.0. The highest BCUT2D eigenvalue weighted by molar-refractivity contribution is 6.12. The fourth-order valence-electron chi connectivity index (χ4n) is 5.33. The van der Waals surface area contributed by atoms with Gasteiger partial charge in [-0.15, -0.1) is 0 Å². The van der Waals surface area contributed by atoms with Crippen molar-refractivity contribution >= 4 is 35.1 Å². The first-order chi connectivity index (χ1) is 20.1. The number of aryl methyl sites for hydroxylation is 1. The molecule has 0 heteroatoms. The average molecular weight is 535 g/mol. The standard InChI is InChI=1S/C37H30.2C2H6/c1-6-26-16-13-17-33(30(26)7-2)37-32(9-4)31(8-3)36(35-24-25(5)18-23-34(35)37)29-21-19-28(20-22-29)27-14-11-10-12-15-27;2*1-2/h6-24H,1-4H2,5H3;2*1-2H3. The van der Waals surface area contributed by atoms with Crippen molar-refractivity contribution in [2.45, 2.75) is 34.6 Å². The molecule has 0 radical (unpaired) electrons. The van der Waals surface area contributed by atoms with Gasteiger partial charge in [0.15, 0.2) is 0 Å². The topological polar surface area (TPSA) is 0 Å². The third-order valence-corrected chi connectivity index (χ3v) is 7.06. The van der Waals surface area contributed by atoms with Crippen LogP contribution in [0.1, 0.15) is 55.5 Å².